The van der Waals surface area contributed by atoms with Crippen molar-refractivity contribution < 1.29 is 8.42 Å². The van der Waals surface area contributed by atoms with Crippen molar-refractivity contribution in [2.24, 2.45) is 0 Å². The molecule has 0 aromatic carbocycles. The van der Waals surface area contributed by atoms with Crippen LogP contribution in [0.15, 0.2) is 0 Å². The molecule has 0 aromatic rings. The Bertz CT molecular complexity index is 268. The summed E-state index contributed by atoms with van der Waals surface area (Å²) in [7, 11) is -0.0486. The largest absolute Gasteiger partial charge is 0.320 e. The van der Waals surface area contributed by atoms with E-state index in [0.717, 1.165) is 13.0 Å². The lowest BCUT2D eigenvalue weighted by Crippen LogP contribution is -2.31. The molecule has 76 valence electrons. The topological polar surface area (TPSA) is 73.2 Å². The monoisotopic (exact) mass is 205 g/mol. The van der Waals surface area contributed by atoms with E-state index in [0.29, 0.717) is 6.54 Å². The van der Waals surface area contributed by atoms with E-state index in [2.05, 4.69) is 5.32 Å². The molecule has 13 heavy (non-hydrogen) atoms. The van der Waals surface area contributed by atoms with Gasteiger partial charge in [-0.3, -0.25) is 0 Å². The molecule has 0 aromatic heterocycles. The van der Waals surface area contributed by atoms with E-state index in [1.165, 1.54) is 11.4 Å². The van der Waals surface area contributed by atoms with Gasteiger partial charge >= 0.3 is 0 Å². The fraction of sp³-hybridized carbons (Fsp3) is 0.857. The van der Waals surface area contributed by atoms with Gasteiger partial charge in [0.05, 0.1) is 6.07 Å². The molecule has 1 N–H and O–H groups in total. The van der Waals surface area contributed by atoms with Gasteiger partial charge in [0.1, 0.15) is 0 Å². The van der Waals surface area contributed by atoms with Crippen LogP contribution in [-0.2, 0) is 10.0 Å². The molecule has 6 heteroatoms. The van der Waals surface area contributed by atoms with E-state index < -0.39 is 15.8 Å². The van der Waals surface area contributed by atoms with Crippen LogP contribution in [0.2, 0.25) is 0 Å². The fourth-order valence-electron chi connectivity index (χ4n) is 0.809. The molecule has 0 rings (SSSR count). The number of nitriles is 1. The summed E-state index contributed by atoms with van der Waals surface area (Å²) >= 11 is 0. The smallest absolute Gasteiger partial charge is 0.227 e. The lowest BCUT2D eigenvalue weighted by molar-refractivity contribution is 0.460. The number of sulfonamides is 1. The van der Waals surface area contributed by atoms with Crippen molar-refractivity contribution in [3.8, 4) is 6.07 Å². The Morgan fingerprint density at radius 3 is 2.62 bits per heavy atom. The summed E-state index contributed by atoms with van der Waals surface area (Å²) in [6, 6.07) is 1.63. The summed E-state index contributed by atoms with van der Waals surface area (Å²) in [5.41, 5.74) is 0. The van der Waals surface area contributed by atoms with Crippen LogP contribution in [0.25, 0.3) is 0 Å². The van der Waals surface area contributed by atoms with Crippen molar-refractivity contribution in [2.75, 3.05) is 32.9 Å². The molecule has 0 fully saturated rings. The first-order valence-electron chi connectivity index (χ1n) is 4.00. The van der Waals surface area contributed by atoms with Crippen LogP contribution in [0.4, 0.5) is 0 Å². The third kappa shape index (κ3) is 4.83. The van der Waals surface area contributed by atoms with Gasteiger partial charge in [0, 0.05) is 13.6 Å². The normalized spacial score (nSPS) is 11.5. The Kier molecular flexibility index (Phi) is 5.62. The van der Waals surface area contributed by atoms with Crippen molar-refractivity contribution >= 4 is 10.0 Å². The van der Waals surface area contributed by atoms with Crippen molar-refractivity contribution in [3.63, 3.8) is 0 Å². The number of nitrogens with zero attached hydrogens (tertiary/aromatic N) is 2. The van der Waals surface area contributed by atoms with Crippen LogP contribution in [0.5, 0.6) is 0 Å². The zero-order valence-corrected chi connectivity index (χ0v) is 8.76. The second-order valence-electron chi connectivity index (χ2n) is 2.69. The Morgan fingerprint density at radius 1 is 1.54 bits per heavy atom. The average molecular weight is 205 g/mol. The second-order valence-corrected chi connectivity index (χ2v) is 4.77. The molecule has 0 unspecified atom stereocenters. The van der Waals surface area contributed by atoms with E-state index in [4.69, 9.17) is 5.26 Å². The van der Waals surface area contributed by atoms with Crippen molar-refractivity contribution in [3.05, 3.63) is 0 Å². The summed E-state index contributed by atoms with van der Waals surface area (Å²) < 4.78 is 23.6. The summed E-state index contributed by atoms with van der Waals surface area (Å²) in [6.45, 7) is 1.22. The van der Waals surface area contributed by atoms with E-state index in [1.54, 1.807) is 6.07 Å². The highest BCUT2D eigenvalue weighted by atomic mass is 32.2. The molecule has 5 nitrogen and oxygen atoms in total. The highest BCUT2D eigenvalue weighted by molar-refractivity contribution is 7.89. The molecule has 0 saturated heterocycles. The fourth-order valence-corrected chi connectivity index (χ4v) is 1.60. The van der Waals surface area contributed by atoms with E-state index >= 15 is 0 Å². The number of hydrogen-bond donors (Lipinski definition) is 1. The van der Waals surface area contributed by atoms with Crippen LogP contribution in [0.1, 0.15) is 6.42 Å². The lowest BCUT2D eigenvalue weighted by Gasteiger charge is -2.14. The zero-order chi connectivity index (χ0) is 10.3. The van der Waals surface area contributed by atoms with Gasteiger partial charge in [0.2, 0.25) is 10.0 Å². The molecule has 0 saturated carbocycles. The highest BCUT2D eigenvalue weighted by Crippen LogP contribution is 1.97. The minimum atomic E-state index is -3.35. The standard InChI is InChI=1S/C7H15N3O2S/c1-9-5-3-6-10(2)13(11,12)7-4-8/h9H,3,5-7H2,1-2H3. The van der Waals surface area contributed by atoms with Gasteiger partial charge in [-0.2, -0.15) is 5.26 Å². The maximum Gasteiger partial charge on any atom is 0.227 e. The third-order valence-corrected chi connectivity index (χ3v) is 3.25. The van der Waals surface area contributed by atoms with E-state index in [1.807, 2.05) is 7.05 Å². The first kappa shape index (κ1) is 12.4. The van der Waals surface area contributed by atoms with Crippen LogP contribution in [-0.4, -0.2) is 45.7 Å². The van der Waals surface area contributed by atoms with Gasteiger partial charge in [-0.15, -0.1) is 0 Å². The SMILES string of the molecule is CNCCCN(C)S(=O)(=O)CC#N. The van der Waals surface area contributed by atoms with Gasteiger partial charge in [-0.05, 0) is 20.0 Å². The number of rotatable bonds is 6. The molecule has 0 aliphatic heterocycles. The third-order valence-electron chi connectivity index (χ3n) is 1.62. The molecule has 0 amide bonds. The van der Waals surface area contributed by atoms with Gasteiger partial charge in [0.25, 0.3) is 0 Å². The molecular formula is C7H15N3O2S. The first-order valence-corrected chi connectivity index (χ1v) is 5.61. The van der Waals surface area contributed by atoms with Gasteiger partial charge in [-0.25, -0.2) is 12.7 Å². The van der Waals surface area contributed by atoms with Gasteiger partial charge in [0.15, 0.2) is 5.75 Å². The Labute approximate surface area is 79.4 Å². The summed E-state index contributed by atoms with van der Waals surface area (Å²) in [5, 5.41) is 11.2. The Hall–Kier alpha value is -0.640. The van der Waals surface area contributed by atoms with E-state index in [-0.39, 0.29) is 0 Å². The van der Waals surface area contributed by atoms with Crippen LogP contribution < -0.4 is 5.32 Å². The lowest BCUT2D eigenvalue weighted by atomic mass is 10.4. The highest BCUT2D eigenvalue weighted by Gasteiger charge is 2.15. The summed E-state index contributed by atoms with van der Waals surface area (Å²) in [5.74, 6) is -0.441. The van der Waals surface area contributed by atoms with Gasteiger partial charge in [-0.1, -0.05) is 0 Å². The quantitative estimate of drug-likeness (QED) is 0.587. The molecule has 0 aliphatic carbocycles. The van der Waals surface area contributed by atoms with Crippen molar-refractivity contribution in [1.29, 1.82) is 5.26 Å². The molecule has 0 radical (unpaired) electrons. The zero-order valence-electron chi connectivity index (χ0n) is 7.95. The first-order chi connectivity index (χ1) is 6.04. The average Bonchev–Trinajstić information content (AvgIpc) is 2.04. The van der Waals surface area contributed by atoms with Crippen LogP contribution in [0, 0.1) is 11.3 Å². The molecule has 0 aliphatic rings. The Balaban J connectivity index is 3.97. The molecule has 0 heterocycles. The maximum absolute atomic E-state index is 11.2. The minimum Gasteiger partial charge on any atom is -0.320 e. The molecular weight excluding hydrogens is 190 g/mol. The Morgan fingerprint density at radius 2 is 2.15 bits per heavy atom. The maximum atomic E-state index is 11.2. The van der Waals surface area contributed by atoms with Gasteiger partial charge < -0.3 is 5.32 Å². The van der Waals surface area contributed by atoms with Crippen molar-refractivity contribution in [1.82, 2.24) is 9.62 Å². The van der Waals surface area contributed by atoms with Crippen LogP contribution >= 0.6 is 0 Å². The molecule has 0 spiro atoms. The van der Waals surface area contributed by atoms with Crippen molar-refractivity contribution in [2.45, 2.75) is 6.42 Å². The van der Waals surface area contributed by atoms with E-state index in [9.17, 15) is 8.42 Å². The molecule has 0 atom stereocenters. The number of nitrogens with one attached hydrogen (secondary N) is 1. The van der Waals surface area contributed by atoms with Crippen LogP contribution in [0.3, 0.4) is 0 Å². The predicted octanol–water partition coefficient (Wildman–Crippen LogP) is -0.619. The molecule has 0 bridgehead atoms. The summed E-state index contributed by atoms with van der Waals surface area (Å²) in [6.07, 6.45) is 0.748. The number of hydrogen-bond acceptors (Lipinski definition) is 4. The second kappa shape index (κ2) is 5.91. The summed E-state index contributed by atoms with van der Waals surface area (Å²) in [4.78, 5) is 0. The predicted molar refractivity (Wildman–Crippen MR) is 50.6 cm³/mol. The minimum absolute atomic E-state index is 0.441.